The highest BCUT2D eigenvalue weighted by Crippen LogP contribution is 2.45. The summed E-state index contributed by atoms with van der Waals surface area (Å²) in [5.41, 5.74) is 11.1. The molecule has 0 amide bonds. The molecule has 0 saturated carbocycles. The lowest BCUT2D eigenvalue weighted by atomic mass is 9.88. The Balaban J connectivity index is 1.31. The monoisotopic (exact) mass is 537 g/mol. The summed E-state index contributed by atoms with van der Waals surface area (Å²) >= 11 is 0. The molecule has 1 aromatic heterocycles. The van der Waals surface area contributed by atoms with E-state index in [1.54, 1.807) is 12.1 Å². The average Bonchev–Trinajstić information content (AvgIpc) is 3.48. The molecule has 2 aliphatic rings. The molecule has 6 heteroatoms. The molecule has 0 radical (unpaired) electrons. The maximum Gasteiger partial charge on any atom is 0.304 e. The van der Waals surface area contributed by atoms with Crippen LogP contribution < -0.4 is 9.47 Å². The van der Waals surface area contributed by atoms with Crippen molar-refractivity contribution in [3.05, 3.63) is 99.5 Å². The number of ether oxygens (including phenoxy) is 2. The topological polar surface area (TPSA) is 68.7 Å². The Hall–Kier alpha value is -4.19. The van der Waals surface area contributed by atoms with Crippen molar-refractivity contribution in [1.82, 2.24) is 4.98 Å². The van der Waals surface area contributed by atoms with Gasteiger partial charge in [-0.25, -0.2) is 4.39 Å². The maximum atomic E-state index is 15.3. The summed E-state index contributed by atoms with van der Waals surface area (Å²) in [7, 11) is 0. The Bertz CT molecular complexity index is 1620. The largest absolute Gasteiger partial charge is 0.492 e. The molecule has 1 aliphatic carbocycles. The molecule has 2 unspecified atom stereocenters. The van der Waals surface area contributed by atoms with Crippen molar-refractivity contribution in [2.75, 3.05) is 6.61 Å². The number of carboxylic acids is 1. The Morgan fingerprint density at radius 2 is 1.82 bits per heavy atom. The molecule has 0 bridgehead atoms. The lowest BCUT2D eigenvalue weighted by Gasteiger charge is -2.19. The van der Waals surface area contributed by atoms with E-state index in [2.05, 4.69) is 45.0 Å². The standard InChI is InChI=1S/C34H32FNO4/c1-18-11-21(4)36-29(12-18)22-13-19(2)33(20(3)14-22)26-7-9-28(35)34-27(26)8-10-30(34)40-24-5-6-25-23(15-32(37)38)17-39-31(25)16-24/h5-7,9,11-14,16,23,30H,8,10,15,17H2,1-4H3,(H,37,38). The van der Waals surface area contributed by atoms with Crippen LogP contribution in [0.1, 0.15) is 63.9 Å². The number of rotatable bonds is 6. The highest BCUT2D eigenvalue weighted by molar-refractivity contribution is 5.79. The minimum absolute atomic E-state index is 0.0259. The van der Waals surface area contributed by atoms with Gasteiger partial charge in [0.2, 0.25) is 0 Å². The maximum absolute atomic E-state index is 15.3. The van der Waals surface area contributed by atoms with Gasteiger partial charge in [0.15, 0.2) is 0 Å². The highest BCUT2D eigenvalue weighted by atomic mass is 19.1. The second-order valence-corrected chi connectivity index (χ2v) is 11.1. The quantitative estimate of drug-likeness (QED) is 0.272. The predicted molar refractivity (Wildman–Crippen MR) is 153 cm³/mol. The van der Waals surface area contributed by atoms with Gasteiger partial charge in [0.25, 0.3) is 0 Å². The van der Waals surface area contributed by atoms with Crippen molar-refractivity contribution in [2.24, 2.45) is 0 Å². The number of carboxylic acid groups (broad SMARTS) is 1. The van der Waals surface area contributed by atoms with Crippen molar-refractivity contribution >= 4 is 5.97 Å². The van der Waals surface area contributed by atoms with E-state index in [0.29, 0.717) is 36.5 Å². The number of hydrogen-bond donors (Lipinski definition) is 1. The third-order valence-electron chi connectivity index (χ3n) is 8.04. The zero-order valence-corrected chi connectivity index (χ0v) is 23.2. The van der Waals surface area contributed by atoms with Crippen LogP contribution in [0, 0.1) is 33.5 Å². The number of benzene rings is 3. The fraction of sp³-hybridized carbons (Fsp3) is 0.294. The first-order valence-corrected chi connectivity index (χ1v) is 13.7. The Morgan fingerprint density at radius 1 is 1.05 bits per heavy atom. The number of halogens is 1. The number of aromatic nitrogens is 1. The van der Waals surface area contributed by atoms with Gasteiger partial charge in [0.1, 0.15) is 23.4 Å². The van der Waals surface area contributed by atoms with Crippen LogP contribution in [-0.2, 0) is 11.2 Å². The molecule has 6 rings (SSSR count). The summed E-state index contributed by atoms with van der Waals surface area (Å²) in [6.45, 7) is 8.65. The molecular weight excluding hydrogens is 505 g/mol. The van der Waals surface area contributed by atoms with E-state index in [1.165, 1.54) is 5.56 Å². The lowest BCUT2D eigenvalue weighted by molar-refractivity contribution is -0.137. The van der Waals surface area contributed by atoms with Crippen LogP contribution in [0.15, 0.2) is 54.6 Å². The summed E-state index contributed by atoms with van der Waals surface area (Å²) in [6.07, 6.45) is 1.00. The first-order valence-electron chi connectivity index (χ1n) is 13.7. The van der Waals surface area contributed by atoms with Crippen LogP contribution in [0.4, 0.5) is 4.39 Å². The van der Waals surface area contributed by atoms with Gasteiger partial charge >= 0.3 is 5.97 Å². The summed E-state index contributed by atoms with van der Waals surface area (Å²) in [4.78, 5) is 15.9. The first kappa shape index (κ1) is 26.1. The van der Waals surface area contributed by atoms with Gasteiger partial charge in [-0.1, -0.05) is 12.1 Å². The van der Waals surface area contributed by atoms with Crippen molar-refractivity contribution in [1.29, 1.82) is 0 Å². The van der Waals surface area contributed by atoms with E-state index in [-0.39, 0.29) is 18.2 Å². The van der Waals surface area contributed by atoms with Crippen LogP contribution in [0.3, 0.4) is 0 Å². The fourth-order valence-corrected chi connectivity index (χ4v) is 6.43. The Kier molecular flexibility index (Phi) is 6.57. The Labute approximate surface area is 233 Å². The van der Waals surface area contributed by atoms with E-state index in [0.717, 1.165) is 50.3 Å². The number of pyridine rings is 1. The second kappa shape index (κ2) is 10.1. The van der Waals surface area contributed by atoms with Gasteiger partial charge in [0, 0.05) is 34.4 Å². The number of carbonyl (C=O) groups is 1. The van der Waals surface area contributed by atoms with Gasteiger partial charge in [-0.2, -0.15) is 0 Å². The van der Waals surface area contributed by atoms with Gasteiger partial charge in [0.05, 0.1) is 18.7 Å². The highest BCUT2D eigenvalue weighted by Gasteiger charge is 2.32. The summed E-state index contributed by atoms with van der Waals surface area (Å²) in [5, 5.41) is 9.17. The van der Waals surface area contributed by atoms with Crippen LogP contribution >= 0.6 is 0 Å². The lowest BCUT2D eigenvalue weighted by Crippen LogP contribution is -2.07. The number of aryl methyl sites for hydroxylation is 4. The minimum Gasteiger partial charge on any atom is -0.492 e. The van der Waals surface area contributed by atoms with Crippen molar-refractivity contribution in [3.63, 3.8) is 0 Å². The summed E-state index contributed by atoms with van der Waals surface area (Å²) < 4.78 is 27.4. The molecule has 4 aromatic rings. The molecule has 1 aliphatic heterocycles. The number of fused-ring (bicyclic) bond motifs is 2. The second-order valence-electron chi connectivity index (χ2n) is 11.1. The zero-order valence-electron chi connectivity index (χ0n) is 23.2. The van der Waals surface area contributed by atoms with E-state index in [4.69, 9.17) is 19.6 Å². The fourth-order valence-electron chi connectivity index (χ4n) is 6.43. The van der Waals surface area contributed by atoms with Crippen molar-refractivity contribution in [2.45, 2.75) is 59.0 Å². The number of nitrogens with zero attached hydrogens (tertiary/aromatic N) is 1. The molecule has 2 atom stereocenters. The molecule has 5 nitrogen and oxygen atoms in total. The van der Waals surface area contributed by atoms with Crippen LogP contribution in [-0.4, -0.2) is 22.7 Å². The van der Waals surface area contributed by atoms with Gasteiger partial charge < -0.3 is 14.6 Å². The SMILES string of the molecule is Cc1cc(C)nc(-c2cc(C)c(-c3ccc(F)c4c3CCC4Oc3ccc4c(c3)OCC4CC(=O)O)c(C)c2)c1. The van der Waals surface area contributed by atoms with Gasteiger partial charge in [-0.3, -0.25) is 9.78 Å². The van der Waals surface area contributed by atoms with Crippen LogP contribution in [0.5, 0.6) is 11.5 Å². The van der Waals surface area contributed by atoms with E-state index >= 15 is 4.39 Å². The molecule has 0 spiro atoms. The number of aliphatic carboxylic acids is 1. The minimum atomic E-state index is -0.849. The van der Waals surface area contributed by atoms with Crippen molar-refractivity contribution < 1.29 is 23.8 Å². The predicted octanol–water partition coefficient (Wildman–Crippen LogP) is 7.81. The van der Waals surface area contributed by atoms with Crippen LogP contribution in [0.2, 0.25) is 0 Å². The molecule has 2 heterocycles. The normalized spacial score (nSPS) is 17.3. The first-order chi connectivity index (χ1) is 19.2. The third kappa shape index (κ3) is 4.72. The molecule has 3 aromatic carbocycles. The van der Waals surface area contributed by atoms with Crippen LogP contribution in [0.25, 0.3) is 22.4 Å². The zero-order chi connectivity index (χ0) is 28.1. The average molecular weight is 538 g/mol. The molecule has 0 saturated heterocycles. The van der Waals surface area contributed by atoms with E-state index in [1.807, 2.05) is 25.1 Å². The number of hydrogen-bond acceptors (Lipinski definition) is 4. The molecule has 204 valence electrons. The van der Waals surface area contributed by atoms with E-state index in [9.17, 15) is 4.79 Å². The molecule has 0 fully saturated rings. The Morgan fingerprint density at radius 3 is 2.55 bits per heavy atom. The van der Waals surface area contributed by atoms with Gasteiger partial charge in [-0.05, 0) is 110 Å². The molecule has 1 N–H and O–H groups in total. The summed E-state index contributed by atoms with van der Waals surface area (Å²) in [5.74, 6) is -0.0441. The van der Waals surface area contributed by atoms with Gasteiger partial charge in [-0.15, -0.1) is 0 Å². The van der Waals surface area contributed by atoms with E-state index < -0.39 is 12.1 Å². The summed E-state index contributed by atoms with van der Waals surface area (Å²) in [6, 6.07) is 17.5. The molecule has 40 heavy (non-hydrogen) atoms. The smallest absolute Gasteiger partial charge is 0.304 e. The third-order valence-corrected chi connectivity index (χ3v) is 8.04. The molecular formula is C34H32FNO4. The van der Waals surface area contributed by atoms with Crippen molar-refractivity contribution in [3.8, 4) is 33.9 Å².